The van der Waals surface area contributed by atoms with Gasteiger partial charge in [-0.1, -0.05) is 62.4 Å². The lowest BCUT2D eigenvalue weighted by molar-refractivity contribution is -0.135. The van der Waals surface area contributed by atoms with Crippen LogP contribution in [0, 0.1) is 11.8 Å². The number of benzene rings is 2. The number of hydrogen-bond acceptors (Lipinski definition) is 3. The summed E-state index contributed by atoms with van der Waals surface area (Å²) < 4.78 is 5.57. The van der Waals surface area contributed by atoms with Crippen LogP contribution in [0.4, 0.5) is 0 Å². The van der Waals surface area contributed by atoms with Crippen LogP contribution >= 0.6 is 0 Å². The third kappa shape index (κ3) is 5.02. The summed E-state index contributed by atoms with van der Waals surface area (Å²) in [4.78, 5) is 29.9. The maximum absolute atomic E-state index is 13.5. The number of rotatable bonds is 7. The van der Waals surface area contributed by atoms with E-state index in [0.29, 0.717) is 26.1 Å². The van der Waals surface area contributed by atoms with Crippen LogP contribution in [-0.2, 0) is 16.1 Å². The van der Waals surface area contributed by atoms with Crippen LogP contribution in [0.25, 0.3) is 0 Å². The smallest absolute Gasteiger partial charge is 0.228 e. The first kappa shape index (κ1) is 21.9. The molecule has 3 rings (SSSR count). The maximum atomic E-state index is 13.5. The van der Waals surface area contributed by atoms with Crippen LogP contribution in [0.15, 0.2) is 54.6 Å². The van der Waals surface area contributed by atoms with Gasteiger partial charge in [-0.25, -0.2) is 0 Å². The average Bonchev–Trinajstić information content (AvgIpc) is 3.18. The van der Waals surface area contributed by atoms with E-state index in [1.54, 1.807) is 12.0 Å². The summed E-state index contributed by atoms with van der Waals surface area (Å²) in [6.45, 7) is 5.63. The number of carbonyl (C=O) groups excluding carboxylic acids is 2. The molecule has 1 aliphatic rings. The third-order valence-corrected chi connectivity index (χ3v) is 5.75. The Labute approximate surface area is 179 Å². The Bertz CT molecular complexity index is 866. The molecule has 2 aromatic carbocycles. The van der Waals surface area contributed by atoms with E-state index in [4.69, 9.17) is 4.74 Å². The molecule has 0 N–H and O–H groups in total. The minimum absolute atomic E-state index is 0.0645. The van der Waals surface area contributed by atoms with E-state index in [1.165, 1.54) is 0 Å². The van der Waals surface area contributed by atoms with Crippen molar-refractivity contribution in [3.63, 3.8) is 0 Å². The molecule has 5 nitrogen and oxygen atoms in total. The van der Waals surface area contributed by atoms with Crippen molar-refractivity contribution in [3.05, 3.63) is 65.7 Å². The molecule has 2 unspecified atom stereocenters. The van der Waals surface area contributed by atoms with Gasteiger partial charge in [0.1, 0.15) is 5.75 Å². The van der Waals surface area contributed by atoms with Gasteiger partial charge in [0.05, 0.1) is 13.0 Å². The Hall–Kier alpha value is -2.82. The number of nitrogens with zero attached hydrogens (tertiary/aromatic N) is 2. The monoisotopic (exact) mass is 408 g/mol. The summed E-state index contributed by atoms with van der Waals surface area (Å²) >= 11 is 0. The average molecular weight is 409 g/mol. The number of ether oxygens (including phenoxy) is 1. The highest BCUT2D eigenvalue weighted by atomic mass is 16.5. The third-order valence-electron chi connectivity index (χ3n) is 5.75. The van der Waals surface area contributed by atoms with Crippen molar-refractivity contribution in [2.45, 2.75) is 32.7 Å². The topological polar surface area (TPSA) is 49.9 Å². The summed E-state index contributed by atoms with van der Waals surface area (Å²) in [5.74, 6) is 0.872. The van der Waals surface area contributed by atoms with E-state index in [2.05, 4.69) is 0 Å². The predicted octanol–water partition coefficient (Wildman–Crippen LogP) is 3.94. The van der Waals surface area contributed by atoms with Gasteiger partial charge in [-0.15, -0.1) is 0 Å². The first-order valence-corrected chi connectivity index (χ1v) is 10.6. The van der Waals surface area contributed by atoms with E-state index in [9.17, 15) is 9.59 Å². The summed E-state index contributed by atoms with van der Waals surface area (Å²) in [5.41, 5.74) is 2.08. The van der Waals surface area contributed by atoms with E-state index in [0.717, 1.165) is 16.9 Å². The highest BCUT2D eigenvalue weighted by Crippen LogP contribution is 2.38. The SMILES string of the molecule is COc1ccccc1C1CN(C(=O)CC(C)C)CC1C(=O)N(C)Cc1ccccc1. The first-order valence-electron chi connectivity index (χ1n) is 10.6. The van der Waals surface area contributed by atoms with Gasteiger partial charge in [0.2, 0.25) is 11.8 Å². The van der Waals surface area contributed by atoms with Crippen LogP contribution < -0.4 is 4.74 Å². The fourth-order valence-electron chi connectivity index (χ4n) is 4.24. The molecule has 0 radical (unpaired) electrons. The number of amides is 2. The second kappa shape index (κ2) is 9.79. The Morgan fingerprint density at radius 1 is 1.07 bits per heavy atom. The standard InChI is InChI=1S/C25H32N2O3/c1-18(2)14-24(28)27-16-21(20-12-8-9-13-23(20)30-4)22(17-27)25(29)26(3)15-19-10-6-5-7-11-19/h5-13,18,21-22H,14-17H2,1-4H3. The molecule has 2 amide bonds. The van der Waals surface area contributed by atoms with Crippen molar-refractivity contribution in [1.82, 2.24) is 9.80 Å². The zero-order valence-electron chi connectivity index (χ0n) is 18.4. The number of methoxy groups -OCH3 is 1. The molecule has 0 aromatic heterocycles. The molecule has 1 aliphatic heterocycles. The van der Waals surface area contributed by atoms with Crippen LogP contribution in [0.2, 0.25) is 0 Å². The van der Waals surface area contributed by atoms with E-state index in [-0.39, 0.29) is 29.6 Å². The molecular formula is C25H32N2O3. The molecule has 0 spiro atoms. The van der Waals surface area contributed by atoms with Gasteiger partial charge < -0.3 is 14.5 Å². The second-order valence-electron chi connectivity index (χ2n) is 8.53. The van der Waals surface area contributed by atoms with Crippen molar-refractivity contribution >= 4 is 11.8 Å². The lowest BCUT2D eigenvalue weighted by atomic mass is 9.87. The van der Waals surface area contributed by atoms with Gasteiger partial charge in [-0.05, 0) is 23.1 Å². The van der Waals surface area contributed by atoms with Gasteiger partial charge in [-0.2, -0.15) is 0 Å². The fourth-order valence-corrected chi connectivity index (χ4v) is 4.24. The van der Waals surface area contributed by atoms with Crippen molar-refractivity contribution < 1.29 is 14.3 Å². The lowest BCUT2D eigenvalue weighted by Crippen LogP contribution is -2.36. The zero-order valence-corrected chi connectivity index (χ0v) is 18.4. The van der Waals surface area contributed by atoms with Crippen LogP contribution in [0.5, 0.6) is 5.75 Å². The Morgan fingerprint density at radius 2 is 1.73 bits per heavy atom. The normalized spacial score (nSPS) is 18.5. The molecule has 5 heteroatoms. The summed E-state index contributed by atoms with van der Waals surface area (Å²) in [6.07, 6.45) is 0.499. The summed E-state index contributed by atoms with van der Waals surface area (Å²) in [5, 5.41) is 0. The molecule has 160 valence electrons. The number of para-hydroxylation sites is 1. The second-order valence-corrected chi connectivity index (χ2v) is 8.53. The van der Waals surface area contributed by atoms with Gasteiger partial charge >= 0.3 is 0 Å². The minimum atomic E-state index is -0.286. The maximum Gasteiger partial charge on any atom is 0.228 e. The van der Waals surface area contributed by atoms with E-state index < -0.39 is 0 Å². The molecule has 1 fully saturated rings. The quantitative estimate of drug-likeness (QED) is 0.697. The van der Waals surface area contributed by atoms with Crippen molar-refractivity contribution in [1.29, 1.82) is 0 Å². The fraction of sp³-hybridized carbons (Fsp3) is 0.440. The largest absolute Gasteiger partial charge is 0.496 e. The molecule has 30 heavy (non-hydrogen) atoms. The van der Waals surface area contributed by atoms with Crippen LogP contribution in [-0.4, -0.2) is 48.9 Å². The van der Waals surface area contributed by atoms with Crippen LogP contribution in [0.1, 0.15) is 37.3 Å². The number of carbonyl (C=O) groups is 2. The molecule has 1 heterocycles. The Kier molecular flexibility index (Phi) is 7.14. The first-order chi connectivity index (χ1) is 14.4. The van der Waals surface area contributed by atoms with Gasteiger partial charge in [0, 0.05) is 39.0 Å². The summed E-state index contributed by atoms with van der Waals surface area (Å²) in [7, 11) is 3.49. The highest BCUT2D eigenvalue weighted by Gasteiger charge is 2.42. The van der Waals surface area contributed by atoms with Crippen LogP contribution in [0.3, 0.4) is 0 Å². The van der Waals surface area contributed by atoms with Gasteiger partial charge in [0.25, 0.3) is 0 Å². The van der Waals surface area contributed by atoms with E-state index >= 15 is 0 Å². The number of hydrogen-bond donors (Lipinski definition) is 0. The summed E-state index contributed by atoms with van der Waals surface area (Å²) in [6, 6.07) is 17.8. The lowest BCUT2D eigenvalue weighted by Gasteiger charge is -2.25. The Morgan fingerprint density at radius 3 is 2.40 bits per heavy atom. The van der Waals surface area contributed by atoms with Crippen molar-refractivity contribution in [3.8, 4) is 5.75 Å². The van der Waals surface area contributed by atoms with Gasteiger partial charge in [-0.3, -0.25) is 9.59 Å². The molecular weight excluding hydrogens is 376 g/mol. The molecule has 2 aromatic rings. The molecule has 2 atom stereocenters. The highest BCUT2D eigenvalue weighted by molar-refractivity contribution is 5.83. The zero-order chi connectivity index (χ0) is 21.7. The molecule has 0 saturated carbocycles. The van der Waals surface area contributed by atoms with Gasteiger partial charge in [0.15, 0.2) is 0 Å². The molecule has 0 aliphatic carbocycles. The van der Waals surface area contributed by atoms with E-state index in [1.807, 2.05) is 80.4 Å². The van der Waals surface area contributed by atoms with Crippen molar-refractivity contribution in [2.75, 3.05) is 27.2 Å². The molecule has 1 saturated heterocycles. The predicted molar refractivity (Wildman–Crippen MR) is 118 cm³/mol. The molecule has 0 bridgehead atoms. The van der Waals surface area contributed by atoms with Crippen molar-refractivity contribution in [2.24, 2.45) is 11.8 Å². The minimum Gasteiger partial charge on any atom is -0.496 e. The number of likely N-dealkylation sites (tertiary alicyclic amines) is 1. The Balaban J connectivity index is 1.85.